The van der Waals surface area contributed by atoms with Crippen molar-refractivity contribution in [2.24, 2.45) is 0 Å². The second-order valence-corrected chi connectivity index (χ2v) is 6.11. The molecule has 0 heterocycles. The fourth-order valence-electron chi connectivity index (χ4n) is 2.35. The summed E-state index contributed by atoms with van der Waals surface area (Å²) in [7, 11) is 0. The van der Waals surface area contributed by atoms with E-state index in [2.05, 4.69) is 82.7 Å². The van der Waals surface area contributed by atoms with Crippen LogP contribution in [0.4, 0.5) is 0 Å². The van der Waals surface area contributed by atoms with E-state index in [0.29, 0.717) is 0 Å². The molecule has 21 heavy (non-hydrogen) atoms. The lowest BCUT2D eigenvalue weighted by molar-refractivity contribution is 0.845. The van der Waals surface area contributed by atoms with E-state index >= 15 is 0 Å². The summed E-state index contributed by atoms with van der Waals surface area (Å²) in [6, 6.07) is 19.6. The van der Waals surface area contributed by atoms with Gasteiger partial charge < -0.3 is 0 Å². The van der Waals surface area contributed by atoms with Crippen molar-refractivity contribution in [1.29, 1.82) is 0 Å². The Morgan fingerprint density at radius 1 is 0.762 bits per heavy atom. The summed E-state index contributed by atoms with van der Waals surface area (Å²) in [5.41, 5.74) is 4.16. The molecule has 0 aliphatic rings. The molecule has 0 aromatic heterocycles. The average Bonchev–Trinajstić information content (AvgIpc) is 2.55. The molecule has 0 saturated carbocycles. The number of benzene rings is 2. The molecule has 2 aromatic rings. The number of hydrogen-bond acceptors (Lipinski definition) is 0. The summed E-state index contributed by atoms with van der Waals surface area (Å²) in [4.78, 5) is 0. The largest absolute Gasteiger partial charge is 0.0928 e. The van der Waals surface area contributed by atoms with Gasteiger partial charge in [0.1, 0.15) is 0 Å². The zero-order chi connectivity index (χ0) is 14.8. The lowest BCUT2D eigenvalue weighted by atomic mass is 10.1. The predicted molar refractivity (Wildman–Crippen MR) is 97.0 cm³/mol. The van der Waals surface area contributed by atoms with Crippen molar-refractivity contribution in [1.82, 2.24) is 0 Å². The molecule has 0 radical (unpaired) electrons. The summed E-state index contributed by atoms with van der Waals surface area (Å²) >= 11 is 3.48. The van der Waals surface area contributed by atoms with Gasteiger partial charge >= 0.3 is 0 Å². The van der Waals surface area contributed by atoms with E-state index in [1.807, 2.05) is 0 Å². The first-order chi connectivity index (χ1) is 10.4. The Morgan fingerprint density at radius 2 is 1.43 bits per heavy atom. The van der Waals surface area contributed by atoms with Crippen LogP contribution in [0.1, 0.15) is 36.0 Å². The van der Waals surface area contributed by atoms with Crippen molar-refractivity contribution in [3.05, 3.63) is 77.4 Å². The van der Waals surface area contributed by atoms with Gasteiger partial charge in [0.25, 0.3) is 0 Å². The van der Waals surface area contributed by atoms with Gasteiger partial charge in [0.05, 0.1) is 0 Å². The predicted octanol–water partition coefficient (Wildman–Crippen LogP) is 6.05. The van der Waals surface area contributed by atoms with E-state index < -0.39 is 0 Å². The van der Waals surface area contributed by atoms with Crippen molar-refractivity contribution in [2.45, 2.75) is 32.1 Å². The van der Waals surface area contributed by atoms with Gasteiger partial charge in [-0.3, -0.25) is 0 Å². The highest BCUT2D eigenvalue weighted by Crippen LogP contribution is 2.10. The van der Waals surface area contributed by atoms with Gasteiger partial charge in [0.15, 0.2) is 0 Å². The first kappa shape index (κ1) is 16.0. The van der Waals surface area contributed by atoms with Gasteiger partial charge in [0, 0.05) is 5.33 Å². The summed E-state index contributed by atoms with van der Waals surface area (Å²) < 4.78 is 0. The van der Waals surface area contributed by atoms with Gasteiger partial charge in [-0.25, -0.2) is 0 Å². The highest BCUT2D eigenvalue weighted by molar-refractivity contribution is 9.09. The second-order valence-electron chi connectivity index (χ2n) is 5.31. The van der Waals surface area contributed by atoms with Crippen molar-refractivity contribution in [3.8, 4) is 0 Å². The Balaban J connectivity index is 1.71. The molecule has 0 saturated heterocycles. The number of aryl methyl sites for hydroxylation is 2. The number of halogens is 1. The number of rotatable bonds is 8. The van der Waals surface area contributed by atoms with Crippen molar-refractivity contribution in [2.75, 3.05) is 5.33 Å². The van der Waals surface area contributed by atoms with Crippen molar-refractivity contribution < 1.29 is 0 Å². The third-order valence-corrected chi connectivity index (χ3v) is 4.13. The topological polar surface area (TPSA) is 0 Å². The average molecular weight is 343 g/mol. The quantitative estimate of drug-likeness (QED) is 0.404. The van der Waals surface area contributed by atoms with Crippen LogP contribution in [-0.4, -0.2) is 5.33 Å². The molecular weight excluding hydrogens is 320 g/mol. The van der Waals surface area contributed by atoms with Gasteiger partial charge in [-0.2, -0.15) is 0 Å². The first-order valence-corrected chi connectivity index (χ1v) is 8.86. The highest BCUT2D eigenvalue weighted by atomic mass is 79.9. The molecule has 0 N–H and O–H groups in total. The van der Waals surface area contributed by atoms with Crippen LogP contribution in [0.25, 0.3) is 6.08 Å². The van der Waals surface area contributed by atoms with E-state index in [-0.39, 0.29) is 0 Å². The maximum Gasteiger partial charge on any atom is 0.00344 e. The van der Waals surface area contributed by atoms with Crippen LogP contribution >= 0.6 is 15.9 Å². The molecule has 0 atom stereocenters. The summed E-state index contributed by atoms with van der Waals surface area (Å²) in [6.07, 6.45) is 10.4. The summed E-state index contributed by atoms with van der Waals surface area (Å²) in [5.74, 6) is 0. The Morgan fingerprint density at radius 3 is 2.14 bits per heavy atom. The fraction of sp³-hybridized carbons (Fsp3) is 0.300. The van der Waals surface area contributed by atoms with Crippen LogP contribution < -0.4 is 0 Å². The Kier molecular flexibility index (Phi) is 7.31. The third kappa shape index (κ3) is 6.31. The molecule has 0 nitrogen and oxygen atoms in total. The van der Waals surface area contributed by atoms with Crippen LogP contribution in [0.2, 0.25) is 0 Å². The standard InChI is InChI=1S/C20H23Br/c21-17-7-12-20-15-13-19(14-16-20)11-6-2-5-10-18-8-3-1-4-9-18/h1,3-4,6,8-9,11,13-16H,2,5,7,10,12,17H2. The Labute approximate surface area is 137 Å². The fourth-order valence-corrected chi connectivity index (χ4v) is 2.63. The maximum absolute atomic E-state index is 3.48. The SMILES string of the molecule is BrCCCc1ccc(C=CCCCc2ccccc2)cc1. The Bertz CT molecular complexity index is 526. The molecule has 0 unspecified atom stereocenters. The third-order valence-electron chi connectivity index (χ3n) is 3.57. The number of hydrogen-bond donors (Lipinski definition) is 0. The molecule has 110 valence electrons. The van der Waals surface area contributed by atoms with E-state index in [1.165, 1.54) is 29.5 Å². The van der Waals surface area contributed by atoms with Crippen molar-refractivity contribution in [3.63, 3.8) is 0 Å². The zero-order valence-corrected chi connectivity index (χ0v) is 14.1. The number of unbranched alkanes of at least 4 members (excludes halogenated alkanes) is 1. The van der Waals surface area contributed by atoms with Crippen molar-refractivity contribution >= 4 is 22.0 Å². The second kappa shape index (κ2) is 9.57. The highest BCUT2D eigenvalue weighted by Gasteiger charge is 1.93. The minimum absolute atomic E-state index is 1.08. The molecule has 0 amide bonds. The lowest BCUT2D eigenvalue weighted by Crippen LogP contribution is -1.86. The minimum Gasteiger partial charge on any atom is -0.0928 e. The molecule has 2 rings (SSSR count). The molecule has 0 spiro atoms. The van der Waals surface area contributed by atoms with Crippen LogP contribution in [-0.2, 0) is 12.8 Å². The molecular formula is C20H23Br. The van der Waals surface area contributed by atoms with Crippen LogP contribution in [0, 0.1) is 0 Å². The van der Waals surface area contributed by atoms with Crippen LogP contribution in [0.15, 0.2) is 60.7 Å². The zero-order valence-electron chi connectivity index (χ0n) is 12.5. The van der Waals surface area contributed by atoms with E-state index in [1.54, 1.807) is 0 Å². The van der Waals surface area contributed by atoms with Gasteiger partial charge in [-0.05, 0) is 48.8 Å². The Hall–Kier alpha value is -1.34. The van der Waals surface area contributed by atoms with E-state index in [0.717, 1.165) is 24.6 Å². The normalized spacial score (nSPS) is 11.1. The first-order valence-electron chi connectivity index (χ1n) is 7.74. The molecule has 0 fully saturated rings. The monoisotopic (exact) mass is 342 g/mol. The smallest absolute Gasteiger partial charge is 0.00344 e. The molecule has 1 heteroatoms. The molecule has 0 aliphatic heterocycles. The number of alkyl halides is 1. The van der Waals surface area contributed by atoms with Gasteiger partial charge in [-0.15, -0.1) is 0 Å². The summed E-state index contributed by atoms with van der Waals surface area (Å²) in [6.45, 7) is 0. The van der Waals surface area contributed by atoms with Crippen LogP contribution in [0.5, 0.6) is 0 Å². The summed E-state index contributed by atoms with van der Waals surface area (Å²) in [5, 5.41) is 1.08. The molecule has 2 aromatic carbocycles. The van der Waals surface area contributed by atoms with Crippen LogP contribution in [0.3, 0.4) is 0 Å². The van der Waals surface area contributed by atoms with E-state index in [9.17, 15) is 0 Å². The maximum atomic E-state index is 3.48. The number of allylic oxidation sites excluding steroid dienone is 1. The van der Waals surface area contributed by atoms with Gasteiger partial charge in [0.2, 0.25) is 0 Å². The molecule has 0 aliphatic carbocycles. The lowest BCUT2D eigenvalue weighted by Gasteiger charge is -2.00. The van der Waals surface area contributed by atoms with Gasteiger partial charge in [-0.1, -0.05) is 82.7 Å². The molecule has 0 bridgehead atoms. The van der Waals surface area contributed by atoms with E-state index in [4.69, 9.17) is 0 Å². The minimum atomic E-state index is 1.08.